The van der Waals surface area contributed by atoms with Gasteiger partial charge in [-0.05, 0) is 39.2 Å². The molecule has 5 heteroatoms. The van der Waals surface area contributed by atoms with Gasteiger partial charge in [-0.25, -0.2) is 4.39 Å². The van der Waals surface area contributed by atoms with Crippen LogP contribution in [-0.4, -0.2) is 24.1 Å². The first kappa shape index (κ1) is 15.6. The third kappa shape index (κ3) is 2.95. The van der Waals surface area contributed by atoms with E-state index in [9.17, 15) is 4.39 Å². The van der Waals surface area contributed by atoms with Gasteiger partial charge in [-0.3, -0.25) is 0 Å². The number of hydrogen-bond acceptors (Lipinski definition) is 3. The molecule has 108 valence electrons. The van der Waals surface area contributed by atoms with Gasteiger partial charge in [0.2, 0.25) is 0 Å². The van der Waals surface area contributed by atoms with E-state index in [-0.39, 0.29) is 5.82 Å². The van der Waals surface area contributed by atoms with Crippen LogP contribution in [0.25, 0.3) is 6.08 Å². The lowest BCUT2D eigenvalue weighted by Crippen LogP contribution is -2.41. The molecule has 1 aromatic rings. The van der Waals surface area contributed by atoms with Gasteiger partial charge in [-0.15, -0.1) is 0 Å². The number of hydrogen-bond donors (Lipinski definition) is 1. The van der Waals surface area contributed by atoms with Crippen LogP contribution < -0.4 is 0 Å². The highest BCUT2D eigenvalue weighted by Gasteiger charge is 2.52. The Kier molecular flexibility index (Phi) is 4.33. The Bertz CT molecular complexity index is 512. The second-order valence-corrected chi connectivity index (χ2v) is 6.30. The third-order valence-electron chi connectivity index (χ3n) is 3.98. The molecule has 1 aliphatic heterocycles. The molecular weight excluding hydrogens is 274 g/mol. The summed E-state index contributed by atoms with van der Waals surface area (Å²) in [7, 11) is -0.489. The Morgan fingerprint density at radius 3 is 2.25 bits per heavy atom. The van der Waals surface area contributed by atoms with Crippen molar-refractivity contribution in [2.45, 2.75) is 38.9 Å². The van der Waals surface area contributed by atoms with Crippen molar-refractivity contribution < 1.29 is 13.7 Å². The van der Waals surface area contributed by atoms with Crippen LogP contribution in [0.1, 0.15) is 33.3 Å². The van der Waals surface area contributed by atoms with Gasteiger partial charge in [0.05, 0.1) is 11.2 Å². The smallest absolute Gasteiger partial charge is 0.400 e. The molecule has 0 bridgehead atoms. The van der Waals surface area contributed by atoms with Crippen molar-refractivity contribution >= 4 is 25.8 Å². The van der Waals surface area contributed by atoms with E-state index >= 15 is 0 Å². The normalized spacial score (nSPS) is 21.3. The summed E-state index contributed by atoms with van der Waals surface area (Å²) in [6.07, 6.45) is 1.75. The predicted molar refractivity (Wildman–Crippen MR) is 84.3 cm³/mol. The van der Waals surface area contributed by atoms with E-state index in [0.717, 1.165) is 5.47 Å². The van der Waals surface area contributed by atoms with E-state index in [1.165, 1.54) is 6.07 Å². The van der Waals surface area contributed by atoms with Gasteiger partial charge in [-0.1, -0.05) is 24.3 Å². The van der Waals surface area contributed by atoms with E-state index in [1.54, 1.807) is 24.3 Å². The molecule has 1 aliphatic rings. The summed E-state index contributed by atoms with van der Waals surface area (Å²) >= 11 is 4.32. The van der Waals surface area contributed by atoms with E-state index in [2.05, 4.69) is 12.6 Å². The molecular formula is C15H20BFO2S. The standard InChI is InChI=1S/C15H20BFO2S/c1-14(2)15(3,4)19-16(18-14)12(10-20)9-11-7-5-6-8-13(11)17/h5-9,20H,10H2,1-4H3. The Morgan fingerprint density at radius 2 is 1.75 bits per heavy atom. The van der Waals surface area contributed by atoms with Crippen molar-refractivity contribution in [2.24, 2.45) is 0 Å². The maximum atomic E-state index is 13.7. The summed E-state index contributed by atoms with van der Waals surface area (Å²) in [5, 5.41) is 0. The van der Waals surface area contributed by atoms with E-state index in [4.69, 9.17) is 9.31 Å². The monoisotopic (exact) mass is 294 g/mol. The third-order valence-corrected chi connectivity index (χ3v) is 4.35. The van der Waals surface area contributed by atoms with Crippen molar-refractivity contribution in [3.05, 3.63) is 41.1 Å². The van der Waals surface area contributed by atoms with Gasteiger partial charge in [0.1, 0.15) is 5.82 Å². The van der Waals surface area contributed by atoms with Gasteiger partial charge in [-0.2, -0.15) is 12.6 Å². The van der Waals surface area contributed by atoms with Gasteiger partial charge < -0.3 is 9.31 Å². The van der Waals surface area contributed by atoms with Crippen molar-refractivity contribution in [1.82, 2.24) is 0 Å². The molecule has 0 aliphatic carbocycles. The second kappa shape index (κ2) is 5.55. The maximum absolute atomic E-state index is 13.7. The molecule has 2 nitrogen and oxygen atoms in total. The van der Waals surface area contributed by atoms with E-state index < -0.39 is 18.3 Å². The van der Waals surface area contributed by atoms with Crippen LogP contribution in [0.4, 0.5) is 4.39 Å². The zero-order valence-electron chi connectivity index (χ0n) is 12.3. The topological polar surface area (TPSA) is 18.5 Å². The molecule has 2 rings (SSSR count). The fourth-order valence-electron chi connectivity index (χ4n) is 1.97. The van der Waals surface area contributed by atoms with Crippen molar-refractivity contribution in [1.29, 1.82) is 0 Å². The zero-order chi connectivity index (χ0) is 15.0. The summed E-state index contributed by atoms with van der Waals surface area (Å²) in [6.45, 7) is 7.97. The molecule has 20 heavy (non-hydrogen) atoms. The molecule has 0 aromatic heterocycles. The van der Waals surface area contributed by atoms with Crippen LogP contribution >= 0.6 is 12.6 Å². The number of rotatable bonds is 3. The largest absolute Gasteiger partial charge is 0.491 e. The number of thiol groups is 1. The van der Waals surface area contributed by atoms with Gasteiger partial charge >= 0.3 is 7.12 Å². The molecule has 1 fully saturated rings. The summed E-state index contributed by atoms with van der Waals surface area (Å²) in [5.74, 6) is 0.189. The SMILES string of the molecule is CC1(C)OB(C(=Cc2ccccc2F)CS)OC1(C)C. The fraction of sp³-hybridized carbons (Fsp3) is 0.467. The minimum absolute atomic E-state index is 0.261. The highest BCUT2D eigenvalue weighted by molar-refractivity contribution is 7.80. The average Bonchev–Trinajstić information content (AvgIpc) is 2.57. The van der Waals surface area contributed by atoms with E-state index in [1.807, 2.05) is 27.7 Å². The van der Waals surface area contributed by atoms with Crippen LogP contribution in [0, 0.1) is 5.82 Å². The highest BCUT2D eigenvalue weighted by Crippen LogP contribution is 2.39. The lowest BCUT2D eigenvalue weighted by molar-refractivity contribution is 0.00578. The molecule has 0 radical (unpaired) electrons. The Labute approximate surface area is 125 Å². The Morgan fingerprint density at radius 1 is 1.20 bits per heavy atom. The molecule has 1 heterocycles. The van der Waals surface area contributed by atoms with Crippen LogP contribution in [0.5, 0.6) is 0 Å². The van der Waals surface area contributed by atoms with E-state index in [0.29, 0.717) is 11.3 Å². The lowest BCUT2D eigenvalue weighted by Gasteiger charge is -2.32. The first-order valence-electron chi connectivity index (χ1n) is 6.68. The molecule has 0 atom stereocenters. The highest BCUT2D eigenvalue weighted by atomic mass is 32.1. The van der Waals surface area contributed by atoms with Crippen LogP contribution in [0.3, 0.4) is 0 Å². The van der Waals surface area contributed by atoms with Crippen molar-refractivity contribution in [3.8, 4) is 0 Å². The second-order valence-electron chi connectivity index (χ2n) is 5.99. The Hall–Kier alpha value is -0.775. The maximum Gasteiger partial charge on any atom is 0.491 e. The quantitative estimate of drug-likeness (QED) is 0.675. The lowest BCUT2D eigenvalue weighted by atomic mass is 9.78. The minimum Gasteiger partial charge on any atom is -0.400 e. The van der Waals surface area contributed by atoms with Crippen LogP contribution in [-0.2, 0) is 9.31 Å². The average molecular weight is 294 g/mol. The van der Waals surface area contributed by atoms with Gasteiger partial charge in [0, 0.05) is 11.3 Å². The van der Waals surface area contributed by atoms with Crippen LogP contribution in [0.2, 0.25) is 0 Å². The van der Waals surface area contributed by atoms with Gasteiger partial charge in [0.25, 0.3) is 0 Å². The summed E-state index contributed by atoms with van der Waals surface area (Å²) in [5.41, 5.74) is 0.521. The fourth-order valence-corrected chi connectivity index (χ4v) is 2.21. The van der Waals surface area contributed by atoms with Crippen molar-refractivity contribution in [2.75, 3.05) is 5.75 Å². The zero-order valence-corrected chi connectivity index (χ0v) is 13.2. The predicted octanol–water partition coefficient (Wildman–Crippen LogP) is 3.77. The summed E-state index contributed by atoms with van der Waals surface area (Å²) in [6, 6.07) is 6.63. The first-order chi connectivity index (χ1) is 9.27. The van der Waals surface area contributed by atoms with Crippen LogP contribution in [0.15, 0.2) is 29.7 Å². The summed E-state index contributed by atoms with van der Waals surface area (Å²) < 4.78 is 25.7. The molecule has 0 N–H and O–H groups in total. The summed E-state index contributed by atoms with van der Waals surface area (Å²) in [4.78, 5) is 0. The van der Waals surface area contributed by atoms with Crippen molar-refractivity contribution in [3.63, 3.8) is 0 Å². The number of halogens is 1. The van der Waals surface area contributed by atoms with Gasteiger partial charge in [0.15, 0.2) is 0 Å². The minimum atomic E-state index is -0.489. The molecule has 1 saturated heterocycles. The molecule has 1 aromatic carbocycles. The molecule has 0 saturated carbocycles. The number of benzene rings is 1. The molecule has 0 unspecified atom stereocenters. The Balaban J connectivity index is 2.29. The molecule has 0 amide bonds. The molecule has 0 spiro atoms. The first-order valence-corrected chi connectivity index (χ1v) is 7.31.